The van der Waals surface area contributed by atoms with Gasteiger partial charge in [0, 0.05) is 31.1 Å². The zero-order valence-corrected chi connectivity index (χ0v) is 17.1. The van der Waals surface area contributed by atoms with Gasteiger partial charge in [0.1, 0.15) is 6.04 Å². The monoisotopic (exact) mass is 422 g/mol. The van der Waals surface area contributed by atoms with E-state index < -0.39 is 12.1 Å². The molecule has 4 amide bonds. The van der Waals surface area contributed by atoms with Crippen molar-refractivity contribution in [1.29, 1.82) is 0 Å². The summed E-state index contributed by atoms with van der Waals surface area (Å²) in [5.41, 5.74) is 0.705. The maximum absolute atomic E-state index is 12.5. The number of amides is 4. The number of rotatable bonds is 9. The van der Waals surface area contributed by atoms with Crippen molar-refractivity contribution in [3.63, 3.8) is 0 Å². The Balaban J connectivity index is 1.36. The molecule has 2 fully saturated rings. The highest BCUT2D eigenvalue weighted by molar-refractivity contribution is 6.31. The minimum atomic E-state index is -0.677. The molecule has 9 heteroatoms. The van der Waals surface area contributed by atoms with Crippen LogP contribution < -0.4 is 10.6 Å². The molecular formula is C20H27ClN4O4. The van der Waals surface area contributed by atoms with Gasteiger partial charge in [-0.25, -0.2) is 4.79 Å². The largest absolute Gasteiger partial charge is 0.379 e. The lowest BCUT2D eigenvalue weighted by molar-refractivity contribution is -0.128. The first-order valence-electron chi connectivity index (χ1n) is 9.96. The zero-order valence-electron chi connectivity index (χ0n) is 16.4. The fourth-order valence-electron chi connectivity index (χ4n) is 3.44. The molecule has 1 aromatic carbocycles. The summed E-state index contributed by atoms with van der Waals surface area (Å²) < 4.78 is 5.31. The van der Waals surface area contributed by atoms with Crippen LogP contribution in [0, 0.1) is 0 Å². The quantitative estimate of drug-likeness (QED) is 0.463. The average molecular weight is 423 g/mol. The molecule has 2 aliphatic heterocycles. The van der Waals surface area contributed by atoms with Crippen LogP contribution in [0.15, 0.2) is 24.3 Å². The molecule has 0 saturated carbocycles. The molecule has 0 aromatic heterocycles. The second-order valence-corrected chi connectivity index (χ2v) is 7.62. The van der Waals surface area contributed by atoms with E-state index >= 15 is 0 Å². The number of carbonyl (C=O) groups excluding carboxylic acids is 3. The van der Waals surface area contributed by atoms with Gasteiger partial charge >= 0.3 is 6.03 Å². The molecule has 1 atom stereocenters. The third-order valence-corrected chi connectivity index (χ3v) is 5.50. The van der Waals surface area contributed by atoms with Gasteiger partial charge in [0.25, 0.3) is 5.91 Å². The third kappa shape index (κ3) is 6.16. The molecule has 2 aliphatic rings. The van der Waals surface area contributed by atoms with Crippen LogP contribution in [0.25, 0.3) is 0 Å². The van der Waals surface area contributed by atoms with Gasteiger partial charge in [-0.15, -0.1) is 0 Å². The Morgan fingerprint density at radius 3 is 2.76 bits per heavy atom. The van der Waals surface area contributed by atoms with E-state index in [9.17, 15) is 14.4 Å². The van der Waals surface area contributed by atoms with Gasteiger partial charge in [-0.2, -0.15) is 0 Å². The smallest absolute Gasteiger partial charge is 0.325 e. The van der Waals surface area contributed by atoms with Crippen LogP contribution in [0.4, 0.5) is 4.79 Å². The minimum Gasteiger partial charge on any atom is -0.379 e. The molecule has 1 aromatic rings. The molecule has 0 radical (unpaired) electrons. The highest BCUT2D eigenvalue weighted by Crippen LogP contribution is 2.20. The van der Waals surface area contributed by atoms with Crippen LogP contribution >= 0.6 is 11.6 Å². The van der Waals surface area contributed by atoms with Gasteiger partial charge in [-0.1, -0.05) is 29.8 Å². The summed E-state index contributed by atoms with van der Waals surface area (Å²) in [7, 11) is 0. The van der Waals surface area contributed by atoms with Crippen molar-refractivity contribution in [1.82, 2.24) is 20.4 Å². The van der Waals surface area contributed by atoms with Crippen molar-refractivity contribution in [2.45, 2.75) is 31.8 Å². The van der Waals surface area contributed by atoms with Crippen molar-refractivity contribution in [2.75, 3.05) is 39.4 Å². The first-order chi connectivity index (χ1) is 14.0. The Labute approximate surface area is 175 Å². The normalized spacial score (nSPS) is 20.0. The Bertz CT molecular complexity index is 739. The van der Waals surface area contributed by atoms with Crippen LogP contribution in [0.2, 0.25) is 5.02 Å². The minimum absolute atomic E-state index is 0.112. The van der Waals surface area contributed by atoms with E-state index in [-0.39, 0.29) is 31.2 Å². The van der Waals surface area contributed by atoms with E-state index in [1.807, 2.05) is 0 Å². The van der Waals surface area contributed by atoms with Crippen LogP contribution in [0.5, 0.6) is 0 Å². The number of ether oxygens (including phenoxy) is 1. The fourth-order valence-corrected chi connectivity index (χ4v) is 3.63. The second kappa shape index (κ2) is 10.6. The maximum atomic E-state index is 12.5. The standard InChI is InChI=1S/C20H27ClN4O4/c21-16-5-2-1-4-15(16)14-25-19(27)17(23-20(25)28)6-7-18(26)22-8-3-9-24-10-12-29-13-11-24/h1-2,4-5,17H,3,6-14H2,(H,22,26)(H,23,28)/t17-/m1/s1. The predicted molar refractivity (Wildman–Crippen MR) is 108 cm³/mol. The van der Waals surface area contributed by atoms with Crippen molar-refractivity contribution in [3.8, 4) is 0 Å². The highest BCUT2D eigenvalue weighted by Gasteiger charge is 2.38. The number of imide groups is 1. The molecule has 0 bridgehead atoms. The number of halogens is 1. The molecule has 158 valence electrons. The lowest BCUT2D eigenvalue weighted by Gasteiger charge is -2.26. The number of carbonyl (C=O) groups is 3. The van der Waals surface area contributed by atoms with E-state index in [0.717, 1.165) is 44.2 Å². The predicted octanol–water partition coefficient (Wildman–Crippen LogP) is 1.38. The van der Waals surface area contributed by atoms with Gasteiger partial charge in [0.15, 0.2) is 0 Å². The number of nitrogens with zero attached hydrogens (tertiary/aromatic N) is 2. The van der Waals surface area contributed by atoms with Gasteiger partial charge in [-0.3, -0.25) is 19.4 Å². The summed E-state index contributed by atoms with van der Waals surface area (Å²) in [6.07, 6.45) is 1.34. The summed E-state index contributed by atoms with van der Waals surface area (Å²) in [5.74, 6) is -0.436. The third-order valence-electron chi connectivity index (χ3n) is 5.13. The molecule has 29 heavy (non-hydrogen) atoms. The zero-order chi connectivity index (χ0) is 20.6. The van der Waals surface area contributed by atoms with Crippen LogP contribution in [-0.4, -0.2) is 73.1 Å². The molecular weight excluding hydrogens is 396 g/mol. The van der Waals surface area contributed by atoms with Crippen LogP contribution in [0.3, 0.4) is 0 Å². The number of nitrogens with one attached hydrogen (secondary N) is 2. The van der Waals surface area contributed by atoms with E-state index in [0.29, 0.717) is 17.1 Å². The van der Waals surface area contributed by atoms with Crippen molar-refractivity contribution in [2.24, 2.45) is 0 Å². The highest BCUT2D eigenvalue weighted by atomic mass is 35.5. The Morgan fingerprint density at radius 1 is 1.24 bits per heavy atom. The van der Waals surface area contributed by atoms with Crippen LogP contribution in [-0.2, 0) is 20.9 Å². The van der Waals surface area contributed by atoms with Gasteiger partial charge in [0.2, 0.25) is 5.91 Å². The lowest BCUT2D eigenvalue weighted by atomic mass is 10.1. The fraction of sp³-hybridized carbons (Fsp3) is 0.550. The Hall–Kier alpha value is -2.16. The van der Waals surface area contributed by atoms with Gasteiger partial charge in [-0.05, 0) is 31.0 Å². The topological polar surface area (TPSA) is 91.0 Å². The van der Waals surface area contributed by atoms with E-state index in [1.165, 1.54) is 0 Å². The SMILES string of the molecule is O=C(CC[C@H]1NC(=O)N(Cc2ccccc2Cl)C1=O)NCCCN1CCOCC1. The summed E-state index contributed by atoms with van der Waals surface area (Å²) in [5, 5.41) is 6.04. The first-order valence-corrected chi connectivity index (χ1v) is 10.3. The van der Waals surface area contributed by atoms with E-state index in [4.69, 9.17) is 16.3 Å². The van der Waals surface area contributed by atoms with Gasteiger partial charge < -0.3 is 15.4 Å². The summed E-state index contributed by atoms with van der Waals surface area (Å²) in [6, 6.07) is 5.96. The Kier molecular flexibility index (Phi) is 7.85. The number of urea groups is 1. The van der Waals surface area contributed by atoms with Gasteiger partial charge in [0.05, 0.1) is 19.8 Å². The summed E-state index contributed by atoms with van der Waals surface area (Å²) >= 11 is 6.12. The molecule has 2 saturated heterocycles. The number of benzene rings is 1. The number of morpholine rings is 1. The average Bonchev–Trinajstić information content (AvgIpc) is 2.99. The maximum Gasteiger partial charge on any atom is 0.325 e. The molecule has 2 heterocycles. The molecule has 8 nitrogen and oxygen atoms in total. The van der Waals surface area contributed by atoms with Crippen LogP contribution in [0.1, 0.15) is 24.8 Å². The first kappa shape index (κ1) is 21.5. The Morgan fingerprint density at radius 2 is 2.00 bits per heavy atom. The molecule has 2 N–H and O–H groups in total. The number of hydrogen-bond acceptors (Lipinski definition) is 5. The molecule has 0 aliphatic carbocycles. The molecule has 3 rings (SSSR count). The van der Waals surface area contributed by atoms with E-state index in [1.54, 1.807) is 24.3 Å². The summed E-state index contributed by atoms with van der Waals surface area (Å²) in [6.45, 7) is 5.04. The van der Waals surface area contributed by atoms with Crippen molar-refractivity contribution in [3.05, 3.63) is 34.9 Å². The second-order valence-electron chi connectivity index (χ2n) is 7.21. The summed E-state index contributed by atoms with van der Waals surface area (Å²) in [4.78, 5) is 40.2. The molecule has 0 spiro atoms. The van der Waals surface area contributed by atoms with E-state index in [2.05, 4.69) is 15.5 Å². The molecule has 0 unspecified atom stereocenters. The van der Waals surface area contributed by atoms with Crippen molar-refractivity contribution >= 4 is 29.4 Å². The van der Waals surface area contributed by atoms with Crippen molar-refractivity contribution < 1.29 is 19.1 Å². The number of hydrogen-bond donors (Lipinski definition) is 2. The lowest BCUT2D eigenvalue weighted by Crippen LogP contribution is -2.38.